The summed E-state index contributed by atoms with van der Waals surface area (Å²) in [5.74, 6) is 0.501. The van der Waals surface area contributed by atoms with Gasteiger partial charge in [0.15, 0.2) is 5.65 Å². The van der Waals surface area contributed by atoms with Crippen LogP contribution in [-0.4, -0.2) is 68.2 Å². The van der Waals surface area contributed by atoms with Gasteiger partial charge in [0.25, 0.3) is 10.0 Å². The summed E-state index contributed by atoms with van der Waals surface area (Å²) in [6, 6.07) is 18.9. The number of halogens is 1. The summed E-state index contributed by atoms with van der Waals surface area (Å²) in [4.78, 5) is 13.9. The van der Waals surface area contributed by atoms with Crippen LogP contribution in [0, 0.1) is 24.1 Å². The highest BCUT2D eigenvalue weighted by Gasteiger charge is 2.45. The van der Waals surface area contributed by atoms with Crippen LogP contribution in [-0.2, 0) is 23.0 Å². The summed E-state index contributed by atoms with van der Waals surface area (Å²) in [5.41, 5.74) is 2.60. The Balaban J connectivity index is 1.21. The number of nitriles is 1. The van der Waals surface area contributed by atoms with E-state index in [2.05, 4.69) is 20.9 Å². The maximum atomic E-state index is 14.1. The number of piperidine rings is 1. The zero-order chi connectivity index (χ0) is 34.7. The number of rotatable bonds is 9. The molecule has 5 aromatic rings. The Morgan fingerprint density at radius 1 is 1.02 bits per heavy atom. The van der Waals surface area contributed by atoms with Gasteiger partial charge in [-0.05, 0) is 88.6 Å². The SMILES string of the molecule is Cc1ccc(S(=O)(=O)n2c(CCC(C)(C)O)cc3c(-c4ccc(N5CC6CC(C5)N6Cc5cc(F)ccc5O)nc4)c(C#N)cnc32)cc1. The quantitative estimate of drug-likeness (QED) is 0.206. The largest absolute Gasteiger partial charge is 0.508 e. The van der Waals surface area contributed by atoms with Gasteiger partial charge in [-0.15, -0.1) is 0 Å². The number of aliphatic hydroxyl groups is 1. The van der Waals surface area contributed by atoms with Gasteiger partial charge in [0, 0.05) is 71.9 Å². The van der Waals surface area contributed by atoms with E-state index in [1.54, 1.807) is 50.4 Å². The minimum Gasteiger partial charge on any atom is -0.508 e. The van der Waals surface area contributed by atoms with E-state index in [1.807, 2.05) is 19.1 Å². The number of piperazine rings is 1. The Kier molecular flexibility index (Phi) is 8.17. The second-order valence-corrected chi connectivity index (χ2v) is 15.5. The normalized spacial score (nSPS) is 18.0. The number of aromatic hydroxyl groups is 1. The van der Waals surface area contributed by atoms with Crippen molar-refractivity contribution in [3.8, 4) is 22.9 Å². The van der Waals surface area contributed by atoms with Gasteiger partial charge >= 0.3 is 0 Å². The van der Waals surface area contributed by atoms with Crippen molar-refractivity contribution in [2.45, 2.75) is 69.2 Å². The first-order chi connectivity index (χ1) is 23.3. The van der Waals surface area contributed by atoms with E-state index in [4.69, 9.17) is 4.98 Å². The number of phenolic OH excluding ortho intramolecular Hbond substituents is 1. The standard InChI is InChI=1S/C37H37FN6O4S/c1-23-4-8-31(9-5-23)49(47,48)44-28(12-13-37(2,3)46)16-32-35(26(17-39)19-41-36(32)44)24-6-11-34(40-18-24)42-21-29-15-30(22-42)43(29)20-25-14-27(38)7-10-33(25)45/h4-11,14,16,18-19,29-30,45-46H,12-13,15,20-22H2,1-3H3. The van der Waals surface area contributed by atoms with E-state index in [0.717, 1.165) is 30.9 Å². The van der Waals surface area contributed by atoms with Crippen molar-refractivity contribution in [2.75, 3.05) is 18.0 Å². The smallest absolute Gasteiger partial charge is 0.269 e. The highest BCUT2D eigenvalue weighted by Crippen LogP contribution is 2.39. The Morgan fingerprint density at radius 3 is 2.41 bits per heavy atom. The minimum atomic E-state index is -4.08. The Bertz CT molecular complexity index is 2190. The van der Waals surface area contributed by atoms with Crippen LogP contribution in [0.5, 0.6) is 5.75 Å². The third kappa shape index (κ3) is 6.14. The number of hydrogen-bond acceptors (Lipinski definition) is 9. The summed E-state index contributed by atoms with van der Waals surface area (Å²) in [6.07, 6.45) is 4.69. The van der Waals surface area contributed by atoms with Crippen molar-refractivity contribution in [1.82, 2.24) is 18.8 Å². The van der Waals surface area contributed by atoms with Crippen LogP contribution in [0.15, 0.2) is 78.0 Å². The Labute approximate surface area is 284 Å². The van der Waals surface area contributed by atoms with E-state index >= 15 is 0 Å². The number of aromatic nitrogens is 3. The van der Waals surface area contributed by atoms with Crippen LogP contribution < -0.4 is 4.90 Å². The monoisotopic (exact) mass is 680 g/mol. The van der Waals surface area contributed by atoms with Crippen molar-refractivity contribution in [1.29, 1.82) is 5.26 Å². The van der Waals surface area contributed by atoms with Crippen molar-refractivity contribution in [3.63, 3.8) is 0 Å². The first-order valence-electron chi connectivity index (χ1n) is 16.2. The lowest BCUT2D eigenvalue weighted by Gasteiger charge is -2.56. The van der Waals surface area contributed by atoms with E-state index in [-0.39, 0.29) is 46.2 Å². The third-order valence-corrected chi connectivity index (χ3v) is 11.4. The molecule has 0 spiro atoms. The van der Waals surface area contributed by atoms with Crippen molar-refractivity contribution in [3.05, 3.63) is 101 Å². The second kappa shape index (κ2) is 12.2. The van der Waals surface area contributed by atoms with Crippen molar-refractivity contribution >= 4 is 26.9 Å². The fourth-order valence-electron chi connectivity index (χ4n) is 6.99. The van der Waals surface area contributed by atoms with E-state index in [0.29, 0.717) is 40.7 Å². The number of anilines is 1. The molecule has 3 saturated heterocycles. The molecule has 2 atom stereocenters. The number of nitrogens with zero attached hydrogens (tertiary/aromatic N) is 6. The fraction of sp³-hybridized carbons (Fsp3) is 0.324. The second-order valence-electron chi connectivity index (χ2n) is 13.7. The lowest BCUT2D eigenvalue weighted by molar-refractivity contribution is -0.00921. The molecule has 0 radical (unpaired) electrons. The molecule has 0 saturated carbocycles. The summed E-state index contributed by atoms with van der Waals surface area (Å²) in [5, 5.41) is 31.4. The van der Waals surface area contributed by atoms with Crippen LogP contribution in [0.3, 0.4) is 0 Å². The molecule has 2 aromatic carbocycles. The lowest BCUT2D eigenvalue weighted by Crippen LogP contribution is -2.68. The van der Waals surface area contributed by atoms with E-state index in [1.165, 1.54) is 28.4 Å². The topological polar surface area (TPSA) is 136 Å². The average Bonchev–Trinajstić information content (AvgIpc) is 3.46. The van der Waals surface area contributed by atoms with E-state index in [9.17, 15) is 28.3 Å². The molecule has 0 amide bonds. The van der Waals surface area contributed by atoms with Crippen LogP contribution in [0.2, 0.25) is 0 Å². The van der Waals surface area contributed by atoms with Crippen molar-refractivity contribution < 1.29 is 23.0 Å². The Morgan fingerprint density at radius 2 is 1.76 bits per heavy atom. The Hall–Kier alpha value is -4.83. The molecule has 2 N–H and O–H groups in total. The molecule has 2 bridgehead atoms. The molecule has 0 aliphatic carbocycles. The average molecular weight is 681 g/mol. The number of fused-ring (bicyclic) bond motifs is 3. The summed E-state index contributed by atoms with van der Waals surface area (Å²) >= 11 is 0. The molecule has 3 aromatic heterocycles. The number of benzene rings is 2. The molecule has 2 unspecified atom stereocenters. The van der Waals surface area contributed by atoms with Crippen LogP contribution in [0.25, 0.3) is 22.2 Å². The highest BCUT2D eigenvalue weighted by molar-refractivity contribution is 7.90. The molecule has 252 valence electrons. The maximum Gasteiger partial charge on any atom is 0.269 e. The van der Waals surface area contributed by atoms with Crippen molar-refractivity contribution in [2.24, 2.45) is 0 Å². The number of hydrogen-bond donors (Lipinski definition) is 2. The number of aryl methyl sites for hydroxylation is 2. The molecule has 10 nitrogen and oxygen atoms in total. The van der Waals surface area contributed by atoms with Gasteiger partial charge in [-0.2, -0.15) is 5.26 Å². The molecule has 49 heavy (non-hydrogen) atoms. The molecular formula is C37H37FN6O4S. The first kappa shape index (κ1) is 32.7. The van der Waals surface area contributed by atoms with Crippen LogP contribution in [0.4, 0.5) is 10.2 Å². The predicted octanol–water partition coefficient (Wildman–Crippen LogP) is 5.53. The van der Waals surface area contributed by atoms with Gasteiger partial charge in [-0.1, -0.05) is 17.7 Å². The van der Waals surface area contributed by atoms with Gasteiger partial charge in [0.1, 0.15) is 23.5 Å². The summed E-state index contributed by atoms with van der Waals surface area (Å²) < 4.78 is 43.3. The van der Waals surface area contributed by atoms with Gasteiger partial charge in [-0.3, -0.25) is 4.90 Å². The molecule has 12 heteroatoms. The van der Waals surface area contributed by atoms with Gasteiger partial charge < -0.3 is 15.1 Å². The van der Waals surface area contributed by atoms with Crippen LogP contribution in [0.1, 0.15) is 49.1 Å². The molecule has 3 fully saturated rings. The maximum absolute atomic E-state index is 14.1. The first-order valence-corrected chi connectivity index (χ1v) is 17.7. The molecule has 8 rings (SSSR count). The predicted molar refractivity (Wildman–Crippen MR) is 184 cm³/mol. The van der Waals surface area contributed by atoms with Gasteiger partial charge in [-0.25, -0.2) is 26.7 Å². The molecule has 3 aliphatic rings. The molecule has 3 aliphatic heterocycles. The fourth-order valence-corrected chi connectivity index (χ4v) is 8.51. The number of pyridine rings is 2. The van der Waals surface area contributed by atoms with Gasteiger partial charge in [0.05, 0.1) is 16.1 Å². The van der Waals surface area contributed by atoms with Crippen LogP contribution >= 0.6 is 0 Å². The molecular weight excluding hydrogens is 644 g/mol. The summed E-state index contributed by atoms with van der Waals surface area (Å²) in [7, 11) is -4.08. The zero-order valence-electron chi connectivity index (χ0n) is 27.5. The summed E-state index contributed by atoms with van der Waals surface area (Å²) in [6.45, 7) is 7.18. The number of phenols is 1. The lowest BCUT2D eigenvalue weighted by atomic mass is 9.86. The third-order valence-electron chi connectivity index (χ3n) is 9.63. The van der Waals surface area contributed by atoms with Gasteiger partial charge in [0.2, 0.25) is 0 Å². The zero-order valence-corrected chi connectivity index (χ0v) is 28.3. The minimum absolute atomic E-state index is 0.0925. The molecule has 6 heterocycles. The highest BCUT2D eigenvalue weighted by atomic mass is 32.2. The van der Waals surface area contributed by atoms with E-state index < -0.39 is 15.6 Å².